The minimum Gasteiger partial charge on any atom is -0.444 e. The molecule has 10 heteroatoms. The average molecular weight is 440 g/mol. The number of fused-ring (bicyclic) bond motifs is 1. The van der Waals surface area contributed by atoms with Gasteiger partial charge in [0.15, 0.2) is 15.0 Å². The Morgan fingerprint density at radius 3 is 2.52 bits per heavy atom. The molecule has 2 fully saturated rings. The van der Waals surface area contributed by atoms with Gasteiger partial charge in [-0.2, -0.15) is 4.99 Å². The molecule has 0 aromatic heterocycles. The average Bonchev–Trinajstić information content (AvgIpc) is 3.03. The molecule has 0 unspecified atom stereocenters. The van der Waals surface area contributed by atoms with Crippen molar-refractivity contribution in [3.8, 4) is 0 Å². The molecule has 1 aromatic rings. The van der Waals surface area contributed by atoms with Crippen molar-refractivity contribution in [3.05, 3.63) is 29.8 Å². The number of nitrogens with zero attached hydrogens (tertiary/aromatic N) is 2. The first kappa shape index (κ1) is 21.6. The van der Waals surface area contributed by atoms with Crippen molar-refractivity contribution in [3.63, 3.8) is 0 Å². The molecule has 1 aromatic carbocycles. The van der Waals surface area contributed by atoms with E-state index >= 15 is 0 Å². The zero-order valence-corrected chi connectivity index (χ0v) is 18.5. The quantitative estimate of drug-likeness (QED) is 0.769. The van der Waals surface area contributed by atoms with E-state index in [0.717, 1.165) is 11.3 Å². The van der Waals surface area contributed by atoms with Crippen LogP contribution in [0.1, 0.15) is 26.3 Å². The van der Waals surface area contributed by atoms with Gasteiger partial charge >= 0.3 is 6.09 Å². The highest BCUT2D eigenvalue weighted by Gasteiger charge is 2.49. The van der Waals surface area contributed by atoms with Gasteiger partial charge in [-0.1, -0.05) is 29.5 Å². The first-order chi connectivity index (χ1) is 13.4. The number of aliphatic imine (C=N–C) groups is 1. The first-order valence-corrected chi connectivity index (χ1v) is 11.9. The summed E-state index contributed by atoms with van der Waals surface area (Å²) in [4.78, 5) is 30.0. The van der Waals surface area contributed by atoms with Crippen molar-refractivity contribution in [2.45, 2.75) is 44.6 Å². The van der Waals surface area contributed by atoms with Gasteiger partial charge in [0, 0.05) is 10.9 Å². The predicted octanol–water partition coefficient (Wildman–Crippen LogP) is 2.12. The lowest BCUT2D eigenvalue weighted by molar-refractivity contribution is -0.117. The van der Waals surface area contributed by atoms with Crippen LogP contribution in [0, 0.1) is 6.92 Å². The molecule has 0 bridgehead atoms. The summed E-state index contributed by atoms with van der Waals surface area (Å²) in [6, 6.07) is 7.38. The van der Waals surface area contributed by atoms with Gasteiger partial charge in [0.25, 0.3) is 5.91 Å². The lowest BCUT2D eigenvalue weighted by atomic mass is 10.1. The Hall–Kier alpha value is -2.07. The van der Waals surface area contributed by atoms with Gasteiger partial charge in [-0.05, 0) is 39.8 Å². The van der Waals surface area contributed by atoms with E-state index in [4.69, 9.17) is 4.74 Å². The Balaban J connectivity index is 1.77. The zero-order valence-electron chi connectivity index (χ0n) is 16.8. The summed E-state index contributed by atoms with van der Waals surface area (Å²) in [6.07, 6.45) is -0.691. The second kappa shape index (κ2) is 7.98. The number of carbonyl (C=O) groups excluding carboxylic acids is 2. The predicted molar refractivity (Wildman–Crippen MR) is 114 cm³/mol. The number of anilines is 1. The summed E-state index contributed by atoms with van der Waals surface area (Å²) < 4.78 is 29.3. The normalized spacial score (nSPS) is 24.4. The molecule has 2 saturated heterocycles. The number of benzene rings is 1. The summed E-state index contributed by atoms with van der Waals surface area (Å²) in [6.45, 7) is 6.86. The second-order valence-corrected chi connectivity index (χ2v) is 11.5. The Kier molecular flexibility index (Phi) is 5.96. The summed E-state index contributed by atoms with van der Waals surface area (Å²) in [5, 5.41) is 2.68. The molecule has 2 heterocycles. The number of sulfone groups is 1. The van der Waals surface area contributed by atoms with Crippen LogP contribution in [0.4, 0.5) is 10.5 Å². The molecule has 0 saturated carbocycles. The molecule has 0 radical (unpaired) electrons. The molecule has 29 heavy (non-hydrogen) atoms. The molecule has 8 nitrogen and oxygen atoms in total. The molecule has 2 atom stereocenters. The number of amidine groups is 1. The number of alkyl carbamates (subject to hydrolysis) is 1. The van der Waals surface area contributed by atoms with Crippen molar-refractivity contribution in [1.82, 2.24) is 5.32 Å². The van der Waals surface area contributed by atoms with Crippen LogP contribution in [0.2, 0.25) is 0 Å². The fraction of sp³-hybridized carbons (Fsp3) is 0.526. The molecular weight excluding hydrogens is 414 g/mol. The largest absolute Gasteiger partial charge is 0.444 e. The molecule has 158 valence electrons. The minimum atomic E-state index is -3.12. The van der Waals surface area contributed by atoms with Gasteiger partial charge < -0.3 is 15.0 Å². The van der Waals surface area contributed by atoms with Gasteiger partial charge in [-0.15, -0.1) is 0 Å². The van der Waals surface area contributed by atoms with Gasteiger partial charge in [-0.25, -0.2) is 13.2 Å². The first-order valence-electron chi connectivity index (χ1n) is 9.25. The molecule has 2 amide bonds. The number of ether oxygens (including phenoxy) is 1. The summed E-state index contributed by atoms with van der Waals surface area (Å²) in [5.41, 5.74) is 1.21. The van der Waals surface area contributed by atoms with E-state index in [0.29, 0.717) is 5.17 Å². The van der Waals surface area contributed by atoms with E-state index in [1.807, 2.05) is 36.1 Å². The SMILES string of the molecule is Cc1ccc(N2C(=NC(=O)CNC(=O)OC(C)(C)C)S[C@@H]3CS(=O)(=O)C[C@H]32)cc1. The number of rotatable bonds is 3. The molecule has 2 aliphatic rings. The molecule has 1 N–H and O–H groups in total. The van der Waals surface area contributed by atoms with E-state index in [1.165, 1.54) is 11.8 Å². The van der Waals surface area contributed by atoms with Crippen LogP contribution in [-0.2, 0) is 19.4 Å². The van der Waals surface area contributed by atoms with E-state index in [9.17, 15) is 18.0 Å². The number of amides is 2. The van der Waals surface area contributed by atoms with Gasteiger partial charge in [0.1, 0.15) is 12.1 Å². The topological polar surface area (TPSA) is 105 Å². The van der Waals surface area contributed by atoms with E-state index in [2.05, 4.69) is 10.3 Å². The fourth-order valence-corrected chi connectivity index (χ4v) is 7.11. The Bertz CT molecular complexity index is 936. The van der Waals surface area contributed by atoms with Crippen LogP contribution in [0.15, 0.2) is 29.3 Å². The molecule has 3 rings (SSSR count). The maximum Gasteiger partial charge on any atom is 0.408 e. The fourth-order valence-electron chi connectivity index (χ4n) is 3.18. The van der Waals surface area contributed by atoms with Crippen LogP contribution >= 0.6 is 11.8 Å². The van der Waals surface area contributed by atoms with Crippen molar-refractivity contribution in [1.29, 1.82) is 0 Å². The monoisotopic (exact) mass is 439 g/mol. The highest BCUT2D eigenvalue weighted by molar-refractivity contribution is 8.16. The van der Waals surface area contributed by atoms with Crippen molar-refractivity contribution < 1.29 is 22.7 Å². The van der Waals surface area contributed by atoms with E-state index < -0.39 is 27.4 Å². The van der Waals surface area contributed by atoms with E-state index in [1.54, 1.807) is 20.8 Å². The standard InChI is InChI=1S/C19H25N3O5S2/c1-12-5-7-13(8-6-12)22-14-10-29(25,26)11-15(14)28-17(22)21-16(23)9-20-18(24)27-19(2,3)4/h5-8,14-15H,9-11H2,1-4H3,(H,20,24)/t14-,15-/m1/s1. The molecular formula is C19H25N3O5S2. The van der Waals surface area contributed by atoms with Gasteiger partial charge in [0.2, 0.25) is 0 Å². The molecule has 0 spiro atoms. The van der Waals surface area contributed by atoms with Crippen molar-refractivity contribution >= 4 is 44.5 Å². The summed E-state index contributed by atoms with van der Waals surface area (Å²) >= 11 is 1.30. The summed E-state index contributed by atoms with van der Waals surface area (Å²) in [5.74, 6) is -0.436. The van der Waals surface area contributed by atoms with Crippen LogP contribution in [0.25, 0.3) is 0 Å². The Labute approximate surface area is 175 Å². The van der Waals surface area contributed by atoms with Crippen LogP contribution in [0.3, 0.4) is 0 Å². The number of thioether (sulfide) groups is 1. The second-order valence-electron chi connectivity index (χ2n) is 8.15. The van der Waals surface area contributed by atoms with Crippen LogP contribution < -0.4 is 10.2 Å². The third kappa shape index (κ3) is 5.51. The maximum absolute atomic E-state index is 12.3. The molecule has 2 aliphatic heterocycles. The minimum absolute atomic E-state index is 0.0297. The number of carbonyl (C=O) groups is 2. The molecule has 0 aliphatic carbocycles. The smallest absolute Gasteiger partial charge is 0.408 e. The maximum atomic E-state index is 12.3. The van der Waals surface area contributed by atoms with E-state index in [-0.39, 0.29) is 29.3 Å². The van der Waals surface area contributed by atoms with Crippen LogP contribution in [-0.4, -0.2) is 60.5 Å². The number of aryl methyl sites for hydroxylation is 1. The zero-order chi connectivity index (χ0) is 21.4. The number of nitrogens with one attached hydrogen (secondary N) is 1. The number of hydrogen-bond donors (Lipinski definition) is 1. The number of hydrogen-bond acceptors (Lipinski definition) is 6. The third-order valence-electron chi connectivity index (χ3n) is 4.38. The Morgan fingerprint density at radius 2 is 1.90 bits per heavy atom. The Morgan fingerprint density at radius 1 is 1.24 bits per heavy atom. The lowest BCUT2D eigenvalue weighted by Crippen LogP contribution is -2.38. The van der Waals surface area contributed by atoms with Crippen LogP contribution in [0.5, 0.6) is 0 Å². The van der Waals surface area contributed by atoms with Crippen molar-refractivity contribution in [2.24, 2.45) is 4.99 Å². The highest BCUT2D eigenvalue weighted by Crippen LogP contribution is 2.40. The summed E-state index contributed by atoms with van der Waals surface area (Å²) in [7, 11) is -3.12. The lowest BCUT2D eigenvalue weighted by Gasteiger charge is -2.24. The van der Waals surface area contributed by atoms with Crippen molar-refractivity contribution in [2.75, 3.05) is 23.0 Å². The van der Waals surface area contributed by atoms with Gasteiger partial charge in [0.05, 0.1) is 17.5 Å². The third-order valence-corrected chi connectivity index (χ3v) is 7.59. The van der Waals surface area contributed by atoms with Gasteiger partial charge in [-0.3, -0.25) is 4.79 Å². The highest BCUT2D eigenvalue weighted by atomic mass is 32.2.